The van der Waals surface area contributed by atoms with Gasteiger partial charge in [0, 0.05) is 21.7 Å². The fraction of sp³-hybridized carbons (Fsp3) is 0.133. The largest absolute Gasteiger partial charge is 0.496 e. The maximum absolute atomic E-state index is 13.4. The molecule has 98 valence electrons. The van der Waals surface area contributed by atoms with E-state index < -0.39 is 0 Å². The van der Waals surface area contributed by atoms with Gasteiger partial charge in [-0.05, 0) is 43.3 Å². The van der Waals surface area contributed by atoms with Gasteiger partial charge in [0.2, 0.25) is 0 Å². The lowest BCUT2D eigenvalue weighted by molar-refractivity contribution is 0.101. The molecule has 2 nitrogen and oxygen atoms in total. The molecule has 0 radical (unpaired) electrons. The van der Waals surface area contributed by atoms with Crippen LogP contribution < -0.4 is 4.74 Å². The van der Waals surface area contributed by atoms with Gasteiger partial charge in [-0.1, -0.05) is 11.6 Å². The van der Waals surface area contributed by atoms with E-state index in [1.54, 1.807) is 18.2 Å². The van der Waals surface area contributed by atoms with E-state index in [0.29, 0.717) is 27.5 Å². The third-order valence-electron chi connectivity index (χ3n) is 2.82. The molecule has 2 aromatic carbocycles. The van der Waals surface area contributed by atoms with Crippen LogP contribution in [-0.4, -0.2) is 12.9 Å². The molecule has 0 spiro atoms. The van der Waals surface area contributed by atoms with Gasteiger partial charge in [0.25, 0.3) is 0 Å². The molecule has 0 unspecified atom stereocenters. The first-order valence-electron chi connectivity index (χ1n) is 5.67. The predicted octanol–water partition coefficient (Wildman–Crippen LogP) is 4.36. The Bertz CT molecular complexity index is 638. The SMILES string of the molecule is COc1ccc(F)cc1-c1cc(C(C)=O)ccc1Cl. The molecular weight excluding hydrogens is 267 g/mol. The summed E-state index contributed by atoms with van der Waals surface area (Å²) >= 11 is 6.13. The summed E-state index contributed by atoms with van der Waals surface area (Å²) in [7, 11) is 1.50. The molecule has 0 amide bonds. The highest BCUT2D eigenvalue weighted by atomic mass is 35.5. The van der Waals surface area contributed by atoms with Gasteiger partial charge in [0.15, 0.2) is 5.78 Å². The summed E-state index contributed by atoms with van der Waals surface area (Å²) in [6.07, 6.45) is 0. The topological polar surface area (TPSA) is 26.3 Å². The number of carbonyl (C=O) groups excluding carboxylic acids is 1. The number of Topliss-reactive ketones (excluding diaryl/α,β-unsaturated/α-hetero) is 1. The van der Waals surface area contributed by atoms with E-state index in [1.165, 1.54) is 32.2 Å². The maximum Gasteiger partial charge on any atom is 0.159 e. The number of halogens is 2. The summed E-state index contributed by atoms with van der Waals surface area (Å²) < 4.78 is 18.6. The smallest absolute Gasteiger partial charge is 0.159 e. The summed E-state index contributed by atoms with van der Waals surface area (Å²) in [5.74, 6) is 0.0392. The third-order valence-corrected chi connectivity index (χ3v) is 3.15. The van der Waals surface area contributed by atoms with E-state index in [-0.39, 0.29) is 11.6 Å². The summed E-state index contributed by atoms with van der Waals surface area (Å²) in [5.41, 5.74) is 1.62. The molecule has 4 heteroatoms. The zero-order valence-electron chi connectivity index (χ0n) is 10.5. The number of benzene rings is 2. The third kappa shape index (κ3) is 2.76. The highest BCUT2D eigenvalue weighted by molar-refractivity contribution is 6.33. The van der Waals surface area contributed by atoms with Gasteiger partial charge in [0.1, 0.15) is 11.6 Å². The lowest BCUT2D eigenvalue weighted by Crippen LogP contribution is -1.95. The summed E-state index contributed by atoms with van der Waals surface area (Å²) in [6.45, 7) is 1.47. The summed E-state index contributed by atoms with van der Waals surface area (Å²) in [6, 6.07) is 9.08. The Morgan fingerprint density at radius 1 is 1.16 bits per heavy atom. The molecule has 0 aliphatic rings. The van der Waals surface area contributed by atoms with Crippen molar-refractivity contribution >= 4 is 17.4 Å². The second kappa shape index (κ2) is 5.41. The number of hydrogen-bond donors (Lipinski definition) is 0. The van der Waals surface area contributed by atoms with Crippen molar-refractivity contribution in [3.8, 4) is 16.9 Å². The zero-order valence-corrected chi connectivity index (χ0v) is 11.3. The van der Waals surface area contributed by atoms with Crippen molar-refractivity contribution in [2.75, 3.05) is 7.11 Å². The molecule has 0 bridgehead atoms. The van der Waals surface area contributed by atoms with Crippen molar-refractivity contribution in [2.45, 2.75) is 6.92 Å². The van der Waals surface area contributed by atoms with Gasteiger partial charge in [-0.3, -0.25) is 4.79 Å². The molecule has 0 aliphatic carbocycles. The Labute approximate surface area is 115 Å². The van der Waals surface area contributed by atoms with Gasteiger partial charge in [-0.2, -0.15) is 0 Å². The standard InChI is InChI=1S/C15H12ClFO2/c1-9(18)10-3-5-14(16)12(7-10)13-8-11(17)4-6-15(13)19-2/h3-8H,1-2H3. The first-order chi connectivity index (χ1) is 9.02. The van der Waals surface area contributed by atoms with Crippen LogP contribution in [0.4, 0.5) is 4.39 Å². The molecule has 0 N–H and O–H groups in total. The van der Waals surface area contributed by atoms with Crippen molar-refractivity contribution < 1.29 is 13.9 Å². The fourth-order valence-electron chi connectivity index (χ4n) is 1.84. The Balaban J connectivity index is 2.67. The molecule has 0 atom stereocenters. The predicted molar refractivity (Wildman–Crippen MR) is 73.4 cm³/mol. The van der Waals surface area contributed by atoms with Crippen molar-refractivity contribution in [3.63, 3.8) is 0 Å². The van der Waals surface area contributed by atoms with Gasteiger partial charge in [-0.15, -0.1) is 0 Å². The van der Waals surface area contributed by atoms with E-state index in [2.05, 4.69) is 0 Å². The molecule has 0 saturated carbocycles. The van der Waals surface area contributed by atoms with E-state index in [0.717, 1.165) is 0 Å². The maximum atomic E-state index is 13.4. The summed E-state index contributed by atoms with van der Waals surface area (Å²) in [4.78, 5) is 11.4. The zero-order chi connectivity index (χ0) is 14.0. The lowest BCUT2D eigenvalue weighted by Gasteiger charge is -2.11. The van der Waals surface area contributed by atoms with Crippen LogP contribution in [0.5, 0.6) is 5.75 Å². The van der Waals surface area contributed by atoms with E-state index in [4.69, 9.17) is 16.3 Å². The van der Waals surface area contributed by atoms with Crippen molar-refractivity contribution in [1.82, 2.24) is 0 Å². The van der Waals surface area contributed by atoms with Crippen LogP contribution in [-0.2, 0) is 0 Å². The fourth-order valence-corrected chi connectivity index (χ4v) is 2.06. The normalized spacial score (nSPS) is 10.3. The van der Waals surface area contributed by atoms with Crippen LogP contribution in [0.3, 0.4) is 0 Å². The van der Waals surface area contributed by atoms with Crippen LogP contribution in [0.25, 0.3) is 11.1 Å². The molecule has 0 fully saturated rings. The number of ether oxygens (including phenoxy) is 1. The van der Waals surface area contributed by atoms with Crippen LogP contribution in [0.15, 0.2) is 36.4 Å². The van der Waals surface area contributed by atoms with Crippen LogP contribution in [0.1, 0.15) is 17.3 Å². The van der Waals surface area contributed by atoms with Gasteiger partial charge >= 0.3 is 0 Å². The Morgan fingerprint density at radius 3 is 2.53 bits per heavy atom. The molecule has 19 heavy (non-hydrogen) atoms. The minimum atomic E-state index is -0.389. The van der Waals surface area contributed by atoms with Gasteiger partial charge in [-0.25, -0.2) is 4.39 Å². The first-order valence-corrected chi connectivity index (χ1v) is 6.05. The second-order valence-electron chi connectivity index (χ2n) is 4.10. The molecule has 2 rings (SSSR count). The molecule has 2 aromatic rings. The second-order valence-corrected chi connectivity index (χ2v) is 4.50. The number of hydrogen-bond acceptors (Lipinski definition) is 2. The number of ketones is 1. The Kier molecular flexibility index (Phi) is 3.86. The Hall–Kier alpha value is -1.87. The number of methoxy groups -OCH3 is 1. The minimum Gasteiger partial charge on any atom is -0.496 e. The quantitative estimate of drug-likeness (QED) is 0.780. The average Bonchev–Trinajstić information content (AvgIpc) is 2.39. The number of carbonyl (C=O) groups is 1. The molecule has 0 aromatic heterocycles. The number of rotatable bonds is 3. The molecule has 0 aliphatic heterocycles. The molecule has 0 heterocycles. The highest BCUT2D eigenvalue weighted by Gasteiger charge is 2.12. The van der Waals surface area contributed by atoms with Crippen LogP contribution >= 0.6 is 11.6 Å². The minimum absolute atomic E-state index is 0.0757. The highest BCUT2D eigenvalue weighted by Crippen LogP contribution is 2.36. The Morgan fingerprint density at radius 2 is 1.89 bits per heavy atom. The van der Waals surface area contributed by atoms with E-state index in [1.807, 2.05) is 0 Å². The van der Waals surface area contributed by atoms with Gasteiger partial charge < -0.3 is 4.74 Å². The molecular formula is C15H12ClFO2. The first kappa shape index (κ1) is 13.6. The van der Waals surface area contributed by atoms with Gasteiger partial charge in [0.05, 0.1) is 7.11 Å². The molecule has 0 saturated heterocycles. The summed E-state index contributed by atoms with van der Waals surface area (Å²) in [5, 5.41) is 0.439. The van der Waals surface area contributed by atoms with E-state index in [9.17, 15) is 9.18 Å². The average molecular weight is 279 g/mol. The van der Waals surface area contributed by atoms with Crippen molar-refractivity contribution in [1.29, 1.82) is 0 Å². The van der Waals surface area contributed by atoms with Crippen LogP contribution in [0, 0.1) is 5.82 Å². The van der Waals surface area contributed by atoms with E-state index >= 15 is 0 Å². The van der Waals surface area contributed by atoms with Crippen LogP contribution in [0.2, 0.25) is 5.02 Å². The van der Waals surface area contributed by atoms with Crippen molar-refractivity contribution in [3.05, 3.63) is 52.8 Å². The lowest BCUT2D eigenvalue weighted by atomic mass is 10.0. The monoisotopic (exact) mass is 278 g/mol. The van der Waals surface area contributed by atoms with Crippen molar-refractivity contribution in [2.24, 2.45) is 0 Å².